The molecule has 5 nitrogen and oxygen atoms in total. The van der Waals surface area contributed by atoms with E-state index in [9.17, 15) is 9.59 Å². The van der Waals surface area contributed by atoms with Gasteiger partial charge in [0, 0.05) is 10.9 Å². The minimum atomic E-state index is -0.531. The SMILES string of the molecule is CCCC(=O)Oc1c(Br)cc(/C=C2\N=C(c3ccccc3Br)OC2=O)cc1Br. The Hall–Kier alpha value is -1.77. The molecule has 2 aromatic rings. The minimum Gasteiger partial charge on any atom is -0.424 e. The fourth-order valence-electron chi connectivity index (χ4n) is 2.45. The molecule has 0 N–H and O–H groups in total. The first-order chi connectivity index (χ1) is 13.4. The zero-order chi connectivity index (χ0) is 20.3. The number of hydrogen-bond donors (Lipinski definition) is 0. The van der Waals surface area contributed by atoms with E-state index >= 15 is 0 Å². The van der Waals surface area contributed by atoms with Crippen LogP contribution in [0.3, 0.4) is 0 Å². The number of carbonyl (C=O) groups excluding carboxylic acids is 2. The van der Waals surface area contributed by atoms with Gasteiger partial charge in [0.25, 0.3) is 0 Å². The van der Waals surface area contributed by atoms with Crippen LogP contribution in [0.1, 0.15) is 30.9 Å². The first-order valence-corrected chi connectivity index (χ1v) is 10.7. The second-order valence-corrected chi connectivity index (χ2v) is 8.42. The van der Waals surface area contributed by atoms with Crippen molar-refractivity contribution in [3.05, 3.63) is 66.6 Å². The third-order valence-electron chi connectivity index (χ3n) is 3.72. The number of halogens is 3. The summed E-state index contributed by atoms with van der Waals surface area (Å²) in [5.41, 5.74) is 1.57. The lowest BCUT2D eigenvalue weighted by atomic mass is 10.2. The third-order valence-corrected chi connectivity index (χ3v) is 5.59. The van der Waals surface area contributed by atoms with E-state index in [1.54, 1.807) is 18.2 Å². The number of hydrogen-bond acceptors (Lipinski definition) is 5. The van der Waals surface area contributed by atoms with E-state index in [1.165, 1.54) is 0 Å². The fraction of sp³-hybridized carbons (Fsp3) is 0.150. The maximum Gasteiger partial charge on any atom is 0.363 e. The van der Waals surface area contributed by atoms with E-state index in [4.69, 9.17) is 9.47 Å². The Morgan fingerprint density at radius 2 is 1.82 bits per heavy atom. The molecule has 0 unspecified atom stereocenters. The Morgan fingerprint density at radius 1 is 1.14 bits per heavy atom. The molecule has 28 heavy (non-hydrogen) atoms. The highest BCUT2D eigenvalue weighted by Gasteiger charge is 2.25. The highest BCUT2D eigenvalue weighted by Crippen LogP contribution is 2.36. The number of benzene rings is 2. The van der Waals surface area contributed by atoms with Crippen LogP contribution in [0.5, 0.6) is 5.75 Å². The molecule has 0 radical (unpaired) electrons. The van der Waals surface area contributed by atoms with Gasteiger partial charge in [-0.25, -0.2) is 9.79 Å². The quantitative estimate of drug-likeness (QED) is 0.250. The number of ether oxygens (including phenoxy) is 2. The molecule has 2 aromatic carbocycles. The van der Waals surface area contributed by atoms with Gasteiger partial charge in [0.2, 0.25) is 5.90 Å². The van der Waals surface area contributed by atoms with Crippen molar-refractivity contribution in [3.8, 4) is 5.75 Å². The Morgan fingerprint density at radius 3 is 2.46 bits per heavy atom. The molecular formula is C20H14Br3NO4. The molecular weight excluding hydrogens is 558 g/mol. The summed E-state index contributed by atoms with van der Waals surface area (Å²) in [6.07, 6.45) is 2.65. The van der Waals surface area contributed by atoms with Gasteiger partial charge in [-0.05, 0) is 90.1 Å². The molecule has 0 aliphatic carbocycles. The lowest BCUT2D eigenvalue weighted by molar-refractivity contribution is -0.134. The van der Waals surface area contributed by atoms with Gasteiger partial charge in [-0.3, -0.25) is 4.79 Å². The largest absolute Gasteiger partial charge is 0.424 e. The Kier molecular flexibility index (Phi) is 6.85. The summed E-state index contributed by atoms with van der Waals surface area (Å²) < 4.78 is 12.6. The van der Waals surface area contributed by atoms with Crippen LogP contribution in [0.15, 0.2) is 60.5 Å². The van der Waals surface area contributed by atoms with Crippen LogP contribution in [-0.2, 0) is 14.3 Å². The molecule has 1 aliphatic heterocycles. The molecule has 1 heterocycles. The first kappa shape index (κ1) is 21.0. The molecule has 3 rings (SSSR count). The predicted molar refractivity (Wildman–Crippen MR) is 117 cm³/mol. The molecule has 0 saturated carbocycles. The van der Waals surface area contributed by atoms with Crippen molar-refractivity contribution in [2.24, 2.45) is 4.99 Å². The normalized spacial score (nSPS) is 14.8. The molecule has 0 fully saturated rings. The van der Waals surface area contributed by atoms with Crippen LogP contribution in [0, 0.1) is 0 Å². The van der Waals surface area contributed by atoms with Gasteiger partial charge in [-0.15, -0.1) is 0 Å². The number of nitrogens with zero attached hydrogens (tertiary/aromatic N) is 1. The summed E-state index contributed by atoms with van der Waals surface area (Å²) >= 11 is 10.2. The molecule has 144 valence electrons. The summed E-state index contributed by atoms with van der Waals surface area (Å²) in [4.78, 5) is 28.3. The molecule has 8 heteroatoms. The summed E-state index contributed by atoms with van der Waals surface area (Å²) in [7, 11) is 0. The van der Waals surface area contributed by atoms with Gasteiger partial charge in [-0.2, -0.15) is 0 Å². The van der Waals surface area contributed by atoms with Gasteiger partial charge >= 0.3 is 11.9 Å². The summed E-state index contributed by atoms with van der Waals surface area (Å²) in [5, 5.41) is 0. The topological polar surface area (TPSA) is 65.0 Å². The Labute approximate surface area is 187 Å². The van der Waals surface area contributed by atoms with E-state index in [1.807, 2.05) is 31.2 Å². The molecule has 0 atom stereocenters. The average molecular weight is 572 g/mol. The fourth-order valence-corrected chi connectivity index (χ4v) is 4.28. The van der Waals surface area contributed by atoms with Crippen molar-refractivity contribution in [3.63, 3.8) is 0 Å². The molecule has 0 saturated heterocycles. The molecule has 1 aliphatic rings. The number of aliphatic imine (C=N–C) groups is 1. The van der Waals surface area contributed by atoms with Gasteiger partial charge in [0.15, 0.2) is 11.4 Å². The van der Waals surface area contributed by atoms with Crippen LogP contribution >= 0.6 is 47.8 Å². The van der Waals surface area contributed by atoms with Crippen molar-refractivity contribution < 1.29 is 19.1 Å². The predicted octanol–water partition coefficient (Wildman–Crippen LogP) is 6.02. The molecule has 0 bridgehead atoms. The van der Waals surface area contributed by atoms with Gasteiger partial charge in [-0.1, -0.05) is 19.1 Å². The summed E-state index contributed by atoms with van der Waals surface area (Å²) in [6, 6.07) is 10.8. The molecule has 0 spiro atoms. The van der Waals surface area contributed by atoms with Crippen LogP contribution in [0.2, 0.25) is 0 Å². The van der Waals surface area contributed by atoms with Gasteiger partial charge in [0.1, 0.15) is 0 Å². The second kappa shape index (κ2) is 9.15. The van der Waals surface area contributed by atoms with Gasteiger partial charge < -0.3 is 9.47 Å². The van der Waals surface area contributed by atoms with Crippen LogP contribution < -0.4 is 4.74 Å². The summed E-state index contributed by atoms with van der Waals surface area (Å²) in [5.74, 6) is -0.201. The zero-order valence-corrected chi connectivity index (χ0v) is 19.4. The lowest BCUT2D eigenvalue weighted by Crippen LogP contribution is -2.08. The smallest absolute Gasteiger partial charge is 0.363 e. The highest BCUT2D eigenvalue weighted by molar-refractivity contribution is 9.11. The van der Waals surface area contributed by atoms with Crippen LogP contribution in [0.4, 0.5) is 0 Å². The lowest BCUT2D eigenvalue weighted by Gasteiger charge is -2.09. The molecule has 0 aromatic heterocycles. The Balaban J connectivity index is 1.90. The van der Waals surface area contributed by atoms with Crippen molar-refractivity contribution in [1.82, 2.24) is 0 Å². The van der Waals surface area contributed by atoms with Crippen molar-refractivity contribution >= 4 is 71.7 Å². The van der Waals surface area contributed by atoms with Crippen molar-refractivity contribution in [2.45, 2.75) is 19.8 Å². The monoisotopic (exact) mass is 569 g/mol. The molecule has 0 amide bonds. The standard InChI is InChI=1S/C20H14Br3NO4/c1-2-5-17(25)27-18-14(22)8-11(9-15(18)23)10-16-20(26)28-19(24-16)12-6-3-4-7-13(12)21/h3-4,6-10H,2,5H2,1H3/b16-10-. The number of carbonyl (C=O) groups is 2. The van der Waals surface area contributed by atoms with E-state index in [0.717, 1.165) is 4.47 Å². The van der Waals surface area contributed by atoms with Crippen molar-refractivity contribution in [1.29, 1.82) is 0 Å². The van der Waals surface area contributed by atoms with Crippen molar-refractivity contribution in [2.75, 3.05) is 0 Å². The second-order valence-electron chi connectivity index (χ2n) is 5.85. The van der Waals surface area contributed by atoms with Crippen LogP contribution in [-0.4, -0.2) is 17.8 Å². The van der Waals surface area contributed by atoms with E-state index in [0.29, 0.717) is 38.7 Å². The first-order valence-electron chi connectivity index (χ1n) is 8.36. The Bertz CT molecular complexity index is 991. The van der Waals surface area contributed by atoms with Gasteiger partial charge in [0.05, 0.1) is 14.5 Å². The highest BCUT2D eigenvalue weighted by atomic mass is 79.9. The summed E-state index contributed by atoms with van der Waals surface area (Å²) in [6.45, 7) is 1.91. The zero-order valence-electron chi connectivity index (χ0n) is 14.7. The number of esters is 2. The number of cyclic esters (lactones) is 1. The minimum absolute atomic E-state index is 0.181. The van der Waals surface area contributed by atoms with E-state index in [2.05, 4.69) is 52.8 Å². The third kappa shape index (κ3) is 4.79. The van der Waals surface area contributed by atoms with E-state index in [-0.39, 0.29) is 17.6 Å². The van der Waals surface area contributed by atoms with E-state index < -0.39 is 5.97 Å². The van der Waals surface area contributed by atoms with Crippen LogP contribution in [0.25, 0.3) is 6.08 Å². The maximum absolute atomic E-state index is 12.2. The number of rotatable bonds is 5. The average Bonchev–Trinajstić information content (AvgIpc) is 2.99. The maximum atomic E-state index is 12.2.